The van der Waals surface area contributed by atoms with Gasteiger partial charge in [0.05, 0.1) is 13.2 Å². The second-order valence-electron chi connectivity index (χ2n) is 9.83. The van der Waals surface area contributed by atoms with Crippen LogP contribution in [0.5, 0.6) is 11.5 Å². The second kappa shape index (κ2) is 16.0. The normalized spacial score (nSPS) is 11.7. The van der Waals surface area contributed by atoms with Crippen molar-refractivity contribution < 1.29 is 9.47 Å². The molecule has 0 aliphatic carbocycles. The molecule has 0 saturated heterocycles. The SMILES string of the molecule is CCCN(CCC)CCCOc1ccc2c(=O)c3ccc(OCCCN(CCC)CCC)cc3sc2c1. The van der Waals surface area contributed by atoms with Crippen LogP contribution in [0.4, 0.5) is 0 Å². The van der Waals surface area contributed by atoms with Crippen LogP contribution in [0.1, 0.15) is 66.2 Å². The average molecular weight is 527 g/mol. The number of nitrogens with zero attached hydrogens (tertiary/aromatic N) is 2. The van der Waals surface area contributed by atoms with Gasteiger partial charge in [-0.3, -0.25) is 4.79 Å². The third kappa shape index (κ3) is 8.98. The second-order valence-corrected chi connectivity index (χ2v) is 10.9. The van der Waals surface area contributed by atoms with Crippen molar-refractivity contribution in [2.24, 2.45) is 0 Å². The molecule has 204 valence electrons. The minimum atomic E-state index is 0.0754. The van der Waals surface area contributed by atoms with E-state index in [1.165, 1.54) is 25.7 Å². The lowest BCUT2D eigenvalue weighted by molar-refractivity contribution is 0.234. The van der Waals surface area contributed by atoms with E-state index in [1.807, 2.05) is 36.4 Å². The summed E-state index contributed by atoms with van der Waals surface area (Å²) in [6, 6.07) is 11.7. The largest absolute Gasteiger partial charge is 0.493 e. The zero-order chi connectivity index (χ0) is 26.5. The smallest absolute Gasteiger partial charge is 0.195 e. The Morgan fingerprint density at radius 2 is 1.03 bits per heavy atom. The van der Waals surface area contributed by atoms with Crippen LogP contribution in [0.15, 0.2) is 41.2 Å². The molecule has 0 aliphatic rings. The van der Waals surface area contributed by atoms with E-state index in [1.54, 1.807) is 11.3 Å². The molecule has 3 rings (SSSR count). The molecule has 5 nitrogen and oxygen atoms in total. The maximum atomic E-state index is 13.1. The van der Waals surface area contributed by atoms with Crippen molar-refractivity contribution in [1.29, 1.82) is 0 Å². The van der Waals surface area contributed by atoms with Crippen LogP contribution < -0.4 is 14.9 Å². The summed E-state index contributed by atoms with van der Waals surface area (Å²) in [6.45, 7) is 17.0. The van der Waals surface area contributed by atoms with Gasteiger partial charge in [0.15, 0.2) is 5.43 Å². The van der Waals surface area contributed by atoms with Crippen LogP contribution in [0.3, 0.4) is 0 Å². The monoisotopic (exact) mass is 526 g/mol. The number of hydrogen-bond donors (Lipinski definition) is 0. The summed E-state index contributed by atoms with van der Waals surface area (Å²) in [6.07, 6.45) is 6.73. The van der Waals surface area contributed by atoms with Crippen molar-refractivity contribution in [3.63, 3.8) is 0 Å². The zero-order valence-electron chi connectivity index (χ0n) is 23.4. The van der Waals surface area contributed by atoms with Crippen molar-refractivity contribution in [3.05, 3.63) is 46.6 Å². The average Bonchev–Trinajstić information content (AvgIpc) is 2.89. The molecule has 0 fully saturated rings. The molecule has 37 heavy (non-hydrogen) atoms. The van der Waals surface area contributed by atoms with Crippen LogP contribution in [0.25, 0.3) is 20.2 Å². The van der Waals surface area contributed by atoms with Crippen LogP contribution in [0, 0.1) is 0 Å². The van der Waals surface area contributed by atoms with Crippen molar-refractivity contribution >= 4 is 31.5 Å². The van der Waals surface area contributed by atoms with Gasteiger partial charge in [0, 0.05) is 33.3 Å². The summed E-state index contributed by atoms with van der Waals surface area (Å²) in [4.78, 5) is 18.2. The van der Waals surface area contributed by atoms with Crippen molar-refractivity contribution in [1.82, 2.24) is 9.80 Å². The van der Waals surface area contributed by atoms with Crippen LogP contribution in [0.2, 0.25) is 0 Å². The third-order valence-corrected chi connectivity index (χ3v) is 7.66. The Balaban J connectivity index is 1.62. The van der Waals surface area contributed by atoms with Gasteiger partial charge in [0.2, 0.25) is 0 Å². The van der Waals surface area contributed by atoms with Gasteiger partial charge in [0.1, 0.15) is 11.5 Å². The first-order valence-corrected chi connectivity index (χ1v) is 15.1. The summed E-state index contributed by atoms with van der Waals surface area (Å²) in [7, 11) is 0. The fourth-order valence-electron chi connectivity index (χ4n) is 4.88. The van der Waals surface area contributed by atoms with Crippen molar-refractivity contribution in [3.8, 4) is 11.5 Å². The molecule has 0 aliphatic heterocycles. The molecule has 0 unspecified atom stereocenters. The van der Waals surface area contributed by atoms with Gasteiger partial charge in [-0.05, 0) is 101 Å². The van der Waals surface area contributed by atoms with Crippen LogP contribution >= 0.6 is 11.3 Å². The Labute approximate surface area is 227 Å². The van der Waals surface area contributed by atoms with Gasteiger partial charge in [0.25, 0.3) is 0 Å². The van der Waals surface area contributed by atoms with Crippen LogP contribution in [-0.4, -0.2) is 62.3 Å². The first-order valence-electron chi connectivity index (χ1n) is 14.3. The maximum absolute atomic E-state index is 13.1. The van der Waals surface area contributed by atoms with Gasteiger partial charge in [-0.15, -0.1) is 11.3 Å². The highest BCUT2D eigenvalue weighted by Crippen LogP contribution is 2.30. The minimum Gasteiger partial charge on any atom is -0.493 e. The fourth-order valence-corrected chi connectivity index (χ4v) is 6.01. The lowest BCUT2D eigenvalue weighted by atomic mass is 10.2. The Kier molecular flexibility index (Phi) is 12.7. The summed E-state index contributed by atoms with van der Waals surface area (Å²) < 4.78 is 14.0. The van der Waals surface area contributed by atoms with Crippen molar-refractivity contribution in [2.45, 2.75) is 66.2 Å². The first kappa shape index (κ1) is 29.4. The third-order valence-electron chi connectivity index (χ3n) is 6.55. The van der Waals surface area contributed by atoms with Gasteiger partial charge < -0.3 is 19.3 Å². The molecule has 0 N–H and O–H groups in total. The summed E-state index contributed by atoms with van der Waals surface area (Å²) >= 11 is 1.63. The van der Waals surface area contributed by atoms with Gasteiger partial charge >= 0.3 is 0 Å². The van der Waals surface area contributed by atoms with Gasteiger partial charge in [-0.25, -0.2) is 0 Å². The predicted octanol–water partition coefficient (Wildman–Crippen LogP) is 7.20. The highest BCUT2D eigenvalue weighted by Gasteiger charge is 2.10. The first-order chi connectivity index (χ1) is 18.1. The quantitative estimate of drug-likeness (QED) is 0.130. The highest BCUT2D eigenvalue weighted by atomic mass is 32.1. The van der Waals surface area contributed by atoms with E-state index in [9.17, 15) is 4.79 Å². The number of benzene rings is 2. The number of hydrogen-bond acceptors (Lipinski definition) is 6. The minimum absolute atomic E-state index is 0.0754. The molecule has 0 saturated carbocycles. The standard InChI is InChI=1S/C31H46N2O3S/c1-5-15-32(16-6-2)19-9-21-35-25-11-13-27-29(23-25)37-30-24-26(12-14-28(30)31(27)34)36-22-10-20-33(17-7-3)18-8-4/h11-14,23-24H,5-10,15-22H2,1-4H3. The molecule has 3 aromatic rings. The Hall–Kier alpha value is -2.15. The Morgan fingerprint density at radius 3 is 1.41 bits per heavy atom. The highest BCUT2D eigenvalue weighted by molar-refractivity contribution is 7.24. The van der Waals surface area contributed by atoms with Gasteiger partial charge in [-0.2, -0.15) is 0 Å². The lowest BCUT2D eigenvalue weighted by Gasteiger charge is -2.20. The van der Waals surface area contributed by atoms with Gasteiger partial charge in [-0.1, -0.05) is 27.7 Å². The molecule has 1 heterocycles. The molecule has 0 amide bonds. The lowest BCUT2D eigenvalue weighted by Crippen LogP contribution is -2.27. The molecule has 0 bridgehead atoms. The van der Waals surface area contributed by atoms with Crippen molar-refractivity contribution in [2.75, 3.05) is 52.5 Å². The van der Waals surface area contributed by atoms with E-state index in [0.29, 0.717) is 13.2 Å². The molecule has 0 radical (unpaired) electrons. The van der Waals surface area contributed by atoms with Crippen LogP contribution in [-0.2, 0) is 0 Å². The molecule has 0 spiro atoms. The maximum Gasteiger partial charge on any atom is 0.195 e. The van der Waals surface area contributed by atoms with E-state index in [-0.39, 0.29) is 5.43 Å². The predicted molar refractivity (Wildman–Crippen MR) is 160 cm³/mol. The molecular formula is C31H46N2O3S. The van der Waals surface area contributed by atoms with E-state index in [4.69, 9.17) is 9.47 Å². The Morgan fingerprint density at radius 1 is 0.622 bits per heavy atom. The fraction of sp³-hybridized carbons (Fsp3) is 0.581. The summed E-state index contributed by atoms with van der Waals surface area (Å²) in [5.41, 5.74) is 0.0754. The molecule has 0 atom stereocenters. The Bertz CT molecular complexity index is 1050. The number of rotatable bonds is 18. The molecule has 2 aromatic carbocycles. The van der Waals surface area contributed by atoms with E-state index >= 15 is 0 Å². The molecule has 6 heteroatoms. The number of fused-ring (bicyclic) bond motifs is 2. The summed E-state index contributed by atoms with van der Waals surface area (Å²) in [5.74, 6) is 1.66. The summed E-state index contributed by atoms with van der Waals surface area (Å²) in [5, 5.41) is 1.50. The van der Waals surface area contributed by atoms with E-state index < -0.39 is 0 Å². The topological polar surface area (TPSA) is 42.0 Å². The molecule has 1 aromatic heterocycles. The zero-order valence-corrected chi connectivity index (χ0v) is 24.2. The van der Waals surface area contributed by atoms with E-state index in [2.05, 4.69) is 37.5 Å². The molecular weight excluding hydrogens is 480 g/mol. The van der Waals surface area contributed by atoms with E-state index in [0.717, 1.165) is 83.8 Å². The number of ether oxygens (including phenoxy) is 2.